The van der Waals surface area contributed by atoms with Gasteiger partial charge in [-0.05, 0) is 19.1 Å². The molecular weight excluding hydrogens is 403 g/mol. The van der Waals surface area contributed by atoms with Crippen LogP contribution in [0.5, 0.6) is 5.88 Å². The molecule has 0 amide bonds. The topological polar surface area (TPSA) is 86.4 Å². The molecule has 1 aliphatic rings. The highest BCUT2D eigenvalue weighted by Crippen LogP contribution is 2.31. The molecule has 0 unspecified atom stereocenters. The van der Waals surface area contributed by atoms with Crippen molar-refractivity contribution >= 4 is 5.95 Å². The molecule has 1 aromatic carbocycles. The summed E-state index contributed by atoms with van der Waals surface area (Å²) in [4.78, 5) is 14.9. The normalized spacial score (nSPS) is 14.7. The average molecular weight is 421 g/mol. The van der Waals surface area contributed by atoms with E-state index >= 15 is 0 Å². The fourth-order valence-electron chi connectivity index (χ4n) is 2.90. The first-order valence-electron chi connectivity index (χ1n) is 9.20. The maximum Gasteiger partial charge on any atom is 0.416 e. The van der Waals surface area contributed by atoms with E-state index in [4.69, 9.17) is 14.0 Å². The number of benzene rings is 1. The van der Waals surface area contributed by atoms with Gasteiger partial charge in [0.1, 0.15) is 0 Å². The smallest absolute Gasteiger partial charge is 0.416 e. The Hall–Kier alpha value is -3.21. The molecule has 158 valence electrons. The number of nitrogens with zero attached hydrogens (tertiary/aromatic N) is 5. The predicted octanol–water partition coefficient (Wildman–Crippen LogP) is 3.27. The molecule has 11 heteroatoms. The van der Waals surface area contributed by atoms with Crippen LogP contribution in [-0.4, -0.2) is 46.4 Å². The fraction of sp³-hybridized carbons (Fsp3) is 0.368. The maximum atomic E-state index is 12.9. The van der Waals surface area contributed by atoms with Crippen LogP contribution in [0.15, 0.2) is 34.9 Å². The lowest BCUT2D eigenvalue weighted by atomic mass is 10.1. The molecule has 0 N–H and O–H groups in total. The van der Waals surface area contributed by atoms with Gasteiger partial charge in [0.15, 0.2) is 6.61 Å². The summed E-state index contributed by atoms with van der Waals surface area (Å²) in [5.41, 5.74) is 0.152. The lowest BCUT2D eigenvalue weighted by molar-refractivity contribution is -0.137. The van der Waals surface area contributed by atoms with Crippen molar-refractivity contribution in [3.8, 4) is 17.3 Å². The van der Waals surface area contributed by atoms with Crippen LogP contribution in [0.1, 0.15) is 17.1 Å². The zero-order valence-corrected chi connectivity index (χ0v) is 16.0. The van der Waals surface area contributed by atoms with E-state index in [-0.39, 0.29) is 23.9 Å². The molecule has 1 fully saturated rings. The summed E-state index contributed by atoms with van der Waals surface area (Å²) in [6, 6.07) is 6.40. The van der Waals surface area contributed by atoms with Crippen LogP contribution < -0.4 is 9.64 Å². The minimum Gasteiger partial charge on any atom is -0.467 e. The summed E-state index contributed by atoms with van der Waals surface area (Å²) in [5.74, 6) is 1.05. The molecule has 30 heavy (non-hydrogen) atoms. The Bertz CT molecular complexity index is 1020. The lowest BCUT2D eigenvalue weighted by Gasteiger charge is -2.27. The van der Waals surface area contributed by atoms with E-state index in [1.54, 1.807) is 6.07 Å². The number of aromatic nitrogens is 4. The van der Waals surface area contributed by atoms with Crippen molar-refractivity contribution in [2.24, 2.45) is 0 Å². The molecule has 3 aromatic rings. The number of morpholine rings is 1. The van der Waals surface area contributed by atoms with Crippen LogP contribution in [0.4, 0.5) is 19.1 Å². The van der Waals surface area contributed by atoms with Crippen molar-refractivity contribution in [2.75, 3.05) is 31.2 Å². The second-order valence-corrected chi connectivity index (χ2v) is 6.63. The van der Waals surface area contributed by atoms with Crippen molar-refractivity contribution < 1.29 is 27.2 Å². The van der Waals surface area contributed by atoms with Gasteiger partial charge >= 0.3 is 6.18 Å². The Kier molecular flexibility index (Phi) is 5.53. The molecule has 4 rings (SSSR count). The van der Waals surface area contributed by atoms with Gasteiger partial charge in [-0.3, -0.25) is 0 Å². The standard InChI is InChI=1S/C19H18F3N5O3/c1-12-9-15(25-18(23-12)27-5-7-28-8-6-27)29-11-16-24-17(26-30-16)13-3-2-4-14(10-13)19(20,21)22/h2-4,9-10H,5-8,11H2,1H3. The highest BCUT2D eigenvalue weighted by Gasteiger charge is 2.30. The SMILES string of the molecule is Cc1cc(OCc2nc(-c3cccc(C(F)(F)F)c3)no2)nc(N2CCOCC2)n1. The van der Waals surface area contributed by atoms with Crippen molar-refractivity contribution in [1.29, 1.82) is 0 Å². The van der Waals surface area contributed by atoms with E-state index < -0.39 is 11.7 Å². The van der Waals surface area contributed by atoms with Crippen LogP contribution in [0.25, 0.3) is 11.4 Å². The summed E-state index contributed by atoms with van der Waals surface area (Å²) in [7, 11) is 0. The molecule has 0 saturated carbocycles. The summed E-state index contributed by atoms with van der Waals surface area (Å²) in [5, 5.41) is 3.74. The number of rotatable bonds is 5. The number of ether oxygens (including phenoxy) is 2. The fourth-order valence-corrected chi connectivity index (χ4v) is 2.90. The molecule has 1 aliphatic heterocycles. The Morgan fingerprint density at radius 2 is 1.90 bits per heavy atom. The van der Waals surface area contributed by atoms with E-state index in [1.807, 2.05) is 11.8 Å². The van der Waals surface area contributed by atoms with Crippen molar-refractivity contribution in [1.82, 2.24) is 20.1 Å². The van der Waals surface area contributed by atoms with E-state index in [9.17, 15) is 13.2 Å². The lowest BCUT2D eigenvalue weighted by Crippen LogP contribution is -2.37. The third kappa shape index (κ3) is 4.67. The summed E-state index contributed by atoms with van der Waals surface area (Å²) < 4.78 is 54.8. The van der Waals surface area contributed by atoms with Gasteiger partial charge in [-0.25, -0.2) is 4.98 Å². The molecule has 0 atom stereocenters. The number of hydrogen-bond acceptors (Lipinski definition) is 8. The summed E-state index contributed by atoms with van der Waals surface area (Å²) in [6.45, 7) is 4.34. The highest BCUT2D eigenvalue weighted by molar-refractivity contribution is 5.55. The first-order chi connectivity index (χ1) is 14.4. The Balaban J connectivity index is 1.46. The summed E-state index contributed by atoms with van der Waals surface area (Å²) >= 11 is 0. The van der Waals surface area contributed by atoms with Gasteiger partial charge in [0.2, 0.25) is 17.7 Å². The second-order valence-electron chi connectivity index (χ2n) is 6.63. The Morgan fingerprint density at radius 3 is 2.67 bits per heavy atom. The van der Waals surface area contributed by atoms with E-state index in [1.165, 1.54) is 12.1 Å². The molecular formula is C19H18F3N5O3. The highest BCUT2D eigenvalue weighted by atomic mass is 19.4. The number of hydrogen-bond donors (Lipinski definition) is 0. The first-order valence-corrected chi connectivity index (χ1v) is 9.20. The molecule has 1 saturated heterocycles. The zero-order chi connectivity index (χ0) is 21.1. The van der Waals surface area contributed by atoms with Gasteiger partial charge in [-0.15, -0.1) is 0 Å². The van der Waals surface area contributed by atoms with Gasteiger partial charge in [0.25, 0.3) is 5.89 Å². The van der Waals surface area contributed by atoms with Crippen LogP contribution in [0.2, 0.25) is 0 Å². The third-order valence-electron chi connectivity index (χ3n) is 4.37. The number of alkyl halides is 3. The quantitative estimate of drug-likeness (QED) is 0.621. The second kappa shape index (κ2) is 8.27. The first kappa shape index (κ1) is 20.1. The minimum absolute atomic E-state index is 0.0487. The van der Waals surface area contributed by atoms with Gasteiger partial charge in [0, 0.05) is 30.4 Å². The summed E-state index contributed by atoms with van der Waals surface area (Å²) in [6.07, 6.45) is -4.45. The number of anilines is 1. The van der Waals surface area contributed by atoms with Gasteiger partial charge in [-0.2, -0.15) is 23.1 Å². The molecule has 0 bridgehead atoms. The molecule has 0 radical (unpaired) electrons. The van der Waals surface area contributed by atoms with Gasteiger partial charge < -0.3 is 18.9 Å². The van der Waals surface area contributed by atoms with E-state index in [0.717, 1.165) is 17.8 Å². The van der Waals surface area contributed by atoms with Crippen LogP contribution in [0, 0.1) is 6.92 Å². The van der Waals surface area contributed by atoms with Crippen molar-refractivity contribution in [3.63, 3.8) is 0 Å². The Morgan fingerprint density at radius 1 is 1.10 bits per heavy atom. The molecule has 3 heterocycles. The predicted molar refractivity (Wildman–Crippen MR) is 98.9 cm³/mol. The van der Waals surface area contributed by atoms with E-state index in [2.05, 4.69) is 20.1 Å². The molecule has 2 aromatic heterocycles. The van der Waals surface area contributed by atoms with Crippen molar-refractivity contribution in [3.05, 3.63) is 47.5 Å². The van der Waals surface area contributed by atoms with Crippen LogP contribution in [0.3, 0.4) is 0 Å². The monoisotopic (exact) mass is 421 g/mol. The zero-order valence-electron chi connectivity index (χ0n) is 16.0. The van der Waals surface area contributed by atoms with Gasteiger partial charge in [0.05, 0.1) is 18.8 Å². The molecule has 0 spiro atoms. The molecule has 0 aliphatic carbocycles. The van der Waals surface area contributed by atoms with Gasteiger partial charge in [-0.1, -0.05) is 17.3 Å². The van der Waals surface area contributed by atoms with Crippen LogP contribution >= 0.6 is 0 Å². The third-order valence-corrected chi connectivity index (χ3v) is 4.37. The maximum absolute atomic E-state index is 12.9. The van der Waals surface area contributed by atoms with Crippen LogP contribution in [-0.2, 0) is 17.5 Å². The largest absolute Gasteiger partial charge is 0.467 e. The van der Waals surface area contributed by atoms with E-state index in [0.29, 0.717) is 38.1 Å². The molecule has 8 nitrogen and oxygen atoms in total. The average Bonchev–Trinajstić information content (AvgIpc) is 3.21. The van der Waals surface area contributed by atoms with Crippen molar-refractivity contribution in [2.45, 2.75) is 19.7 Å². The number of halogens is 3. The number of aryl methyl sites for hydroxylation is 1. The Labute approximate surface area is 169 Å². The minimum atomic E-state index is -4.45.